The van der Waals surface area contributed by atoms with Gasteiger partial charge in [0.15, 0.2) is 0 Å². The van der Waals surface area contributed by atoms with Gasteiger partial charge in [-0.2, -0.15) is 0 Å². The lowest BCUT2D eigenvalue weighted by molar-refractivity contribution is 0.260. The van der Waals surface area contributed by atoms with Crippen molar-refractivity contribution in [2.75, 3.05) is 5.32 Å². The topological polar surface area (TPSA) is 37.8 Å². The molecule has 2 rings (SSSR count). The molecule has 88 valence electrons. The number of hydrogen-bond acceptors (Lipinski definition) is 3. The summed E-state index contributed by atoms with van der Waals surface area (Å²) in [4.78, 5) is 8.64. The zero-order chi connectivity index (χ0) is 11.5. The highest BCUT2D eigenvalue weighted by Crippen LogP contribution is 2.30. The Morgan fingerprint density at radius 2 is 2.06 bits per heavy atom. The number of anilines is 1. The maximum absolute atomic E-state index is 4.39. The molecule has 0 radical (unpaired) electrons. The van der Waals surface area contributed by atoms with Crippen molar-refractivity contribution in [2.45, 2.75) is 46.1 Å². The van der Waals surface area contributed by atoms with Crippen LogP contribution < -0.4 is 5.32 Å². The van der Waals surface area contributed by atoms with E-state index in [1.54, 1.807) is 0 Å². The predicted octanol–water partition coefficient (Wildman–Crippen LogP) is 3.02. The fourth-order valence-corrected chi connectivity index (χ4v) is 2.38. The van der Waals surface area contributed by atoms with E-state index in [1.807, 2.05) is 19.2 Å². The average Bonchev–Trinajstić information content (AvgIpc) is 2.24. The summed E-state index contributed by atoms with van der Waals surface area (Å²) >= 11 is 0. The van der Waals surface area contributed by atoms with Gasteiger partial charge in [-0.1, -0.05) is 13.8 Å². The van der Waals surface area contributed by atoms with Gasteiger partial charge < -0.3 is 5.32 Å². The smallest absolute Gasteiger partial charge is 0.223 e. The summed E-state index contributed by atoms with van der Waals surface area (Å²) in [5.74, 6) is 2.44. The SMILES string of the molecule is Cc1ccnc(NC2CCC(C)C(C)C2)n1. The Kier molecular flexibility index (Phi) is 3.42. The third-order valence-electron chi connectivity index (χ3n) is 3.73. The monoisotopic (exact) mass is 219 g/mol. The number of rotatable bonds is 2. The lowest BCUT2D eigenvalue weighted by Crippen LogP contribution is -2.31. The minimum Gasteiger partial charge on any atom is -0.351 e. The van der Waals surface area contributed by atoms with Crippen LogP contribution in [0.3, 0.4) is 0 Å². The second kappa shape index (κ2) is 4.81. The van der Waals surface area contributed by atoms with E-state index in [0.717, 1.165) is 23.5 Å². The molecule has 0 amide bonds. The van der Waals surface area contributed by atoms with Crippen molar-refractivity contribution in [3.63, 3.8) is 0 Å². The van der Waals surface area contributed by atoms with Crippen molar-refractivity contribution in [1.29, 1.82) is 0 Å². The summed E-state index contributed by atoms with van der Waals surface area (Å²) in [6, 6.07) is 2.48. The van der Waals surface area contributed by atoms with Crippen LogP contribution in [-0.4, -0.2) is 16.0 Å². The van der Waals surface area contributed by atoms with Crippen LogP contribution in [0.25, 0.3) is 0 Å². The quantitative estimate of drug-likeness (QED) is 0.830. The molecule has 0 aliphatic heterocycles. The van der Waals surface area contributed by atoms with Crippen LogP contribution >= 0.6 is 0 Å². The van der Waals surface area contributed by atoms with Gasteiger partial charge in [0.05, 0.1) is 0 Å². The fraction of sp³-hybridized carbons (Fsp3) is 0.692. The first-order chi connectivity index (χ1) is 7.65. The molecule has 1 heterocycles. The Bertz CT molecular complexity index is 351. The Labute approximate surface area is 97.7 Å². The van der Waals surface area contributed by atoms with Crippen molar-refractivity contribution in [3.8, 4) is 0 Å². The minimum atomic E-state index is 0.549. The van der Waals surface area contributed by atoms with E-state index in [4.69, 9.17) is 0 Å². The molecule has 1 aromatic heterocycles. The maximum atomic E-state index is 4.39. The third-order valence-corrected chi connectivity index (χ3v) is 3.73. The Hall–Kier alpha value is -1.12. The molecular formula is C13H21N3. The van der Waals surface area contributed by atoms with Crippen molar-refractivity contribution in [2.24, 2.45) is 11.8 Å². The summed E-state index contributed by atoms with van der Waals surface area (Å²) in [5, 5.41) is 3.45. The van der Waals surface area contributed by atoms with Crippen LogP contribution in [0, 0.1) is 18.8 Å². The van der Waals surface area contributed by atoms with E-state index in [9.17, 15) is 0 Å². The van der Waals surface area contributed by atoms with Crippen LogP contribution in [-0.2, 0) is 0 Å². The van der Waals surface area contributed by atoms with Crippen molar-refractivity contribution in [3.05, 3.63) is 18.0 Å². The molecule has 3 unspecified atom stereocenters. The standard InChI is InChI=1S/C13H21N3/c1-9-4-5-12(8-10(9)2)16-13-14-7-6-11(3)15-13/h6-7,9-10,12H,4-5,8H2,1-3H3,(H,14,15,16). The molecule has 3 heteroatoms. The highest BCUT2D eigenvalue weighted by atomic mass is 15.1. The Morgan fingerprint density at radius 1 is 1.25 bits per heavy atom. The zero-order valence-corrected chi connectivity index (χ0v) is 10.4. The van der Waals surface area contributed by atoms with Gasteiger partial charge in [-0.15, -0.1) is 0 Å². The second-order valence-electron chi connectivity index (χ2n) is 5.13. The summed E-state index contributed by atoms with van der Waals surface area (Å²) in [6.45, 7) is 6.69. The molecule has 1 aromatic rings. The van der Waals surface area contributed by atoms with Crippen LogP contribution in [0.1, 0.15) is 38.8 Å². The molecule has 1 fully saturated rings. The van der Waals surface area contributed by atoms with Gasteiger partial charge in [-0.3, -0.25) is 0 Å². The van der Waals surface area contributed by atoms with Crippen molar-refractivity contribution >= 4 is 5.95 Å². The van der Waals surface area contributed by atoms with Gasteiger partial charge in [0.1, 0.15) is 0 Å². The van der Waals surface area contributed by atoms with Crippen LogP contribution in [0.4, 0.5) is 5.95 Å². The zero-order valence-electron chi connectivity index (χ0n) is 10.4. The number of nitrogens with one attached hydrogen (secondary N) is 1. The number of nitrogens with zero attached hydrogens (tertiary/aromatic N) is 2. The summed E-state index contributed by atoms with van der Waals surface area (Å²) in [7, 11) is 0. The Balaban J connectivity index is 1.95. The van der Waals surface area contributed by atoms with Crippen LogP contribution in [0.5, 0.6) is 0 Å². The first kappa shape index (κ1) is 11.4. The van der Waals surface area contributed by atoms with Gasteiger partial charge in [-0.25, -0.2) is 9.97 Å². The number of aryl methyl sites for hydroxylation is 1. The van der Waals surface area contributed by atoms with Crippen molar-refractivity contribution in [1.82, 2.24) is 9.97 Å². The maximum Gasteiger partial charge on any atom is 0.223 e. The third kappa shape index (κ3) is 2.71. The molecule has 0 spiro atoms. The summed E-state index contributed by atoms with van der Waals surface area (Å²) in [5.41, 5.74) is 1.02. The molecule has 0 bridgehead atoms. The molecule has 1 N–H and O–H groups in total. The largest absolute Gasteiger partial charge is 0.351 e. The molecule has 1 aliphatic rings. The molecule has 3 nitrogen and oxygen atoms in total. The second-order valence-corrected chi connectivity index (χ2v) is 5.13. The molecule has 1 aliphatic carbocycles. The molecular weight excluding hydrogens is 198 g/mol. The Morgan fingerprint density at radius 3 is 2.75 bits per heavy atom. The first-order valence-electron chi connectivity index (χ1n) is 6.21. The van der Waals surface area contributed by atoms with Crippen molar-refractivity contribution < 1.29 is 0 Å². The van der Waals surface area contributed by atoms with E-state index >= 15 is 0 Å². The number of hydrogen-bond donors (Lipinski definition) is 1. The molecule has 1 saturated carbocycles. The minimum absolute atomic E-state index is 0.549. The highest BCUT2D eigenvalue weighted by molar-refractivity contribution is 5.26. The predicted molar refractivity (Wildman–Crippen MR) is 66.4 cm³/mol. The van der Waals surface area contributed by atoms with E-state index in [2.05, 4.69) is 29.1 Å². The van der Waals surface area contributed by atoms with Gasteiger partial charge in [0.2, 0.25) is 5.95 Å². The molecule has 3 atom stereocenters. The van der Waals surface area contributed by atoms with Gasteiger partial charge >= 0.3 is 0 Å². The lowest BCUT2D eigenvalue weighted by atomic mass is 9.79. The van der Waals surface area contributed by atoms with Crippen LogP contribution in [0.15, 0.2) is 12.3 Å². The molecule has 0 saturated heterocycles. The highest BCUT2D eigenvalue weighted by Gasteiger charge is 2.24. The van der Waals surface area contributed by atoms with Gasteiger partial charge in [0.25, 0.3) is 0 Å². The van der Waals surface area contributed by atoms with E-state index in [0.29, 0.717) is 6.04 Å². The number of aromatic nitrogens is 2. The average molecular weight is 219 g/mol. The molecule has 0 aromatic carbocycles. The molecule has 16 heavy (non-hydrogen) atoms. The van der Waals surface area contributed by atoms with Gasteiger partial charge in [-0.05, 0) is 44.1 Å². The van der Waals surface area contributed by atoms with E-state index in [-0.39, 0.29) is 0 Å². The normalized spacial score (nSPS) is 30.1. The lowest BCUT2D eigenvalue weighted by Gasteiger charge is -2.32. The van der Waals surface area contributed by atoms with Gasteiger partial charge in [0, 0.05) is 17.9 Å². The first-order valence-corrected chi connectivity index (χ1v) is 6.21. The van der Waals surface area contributed by atoms with E-state index in [1.165, 1.54) is 19.3 Å². The van der Waals surface area contributed by atoms with Crippen LogP contribution in [0.2, 0.25) is 0 Å². The van der Waals surface area contributed by atoms with E-state index < -0.39 is 0 Å². The fourth-order valence-electron chi connectivity index (χ4n) is 2.38. The summed E-state index contributed by atoms with van der Waals surface area (Å²) in [6.07, 6.45) is 5.60. The summed E-state index contributed by atoms with van der Waals surface area (Å²) < 4.78 is 0.